The summed E-state index contributed by atoms with van der Waals surface area (Å²) >= 11 is 0. The number of esters is 2. The van der Waals surface area contributed by atoms with Gasteiger partial charge in [0, 0.05) is 11.1 Å². The Labute approximate surface area is 279 Å². The van der Waals surface area contributed by atoms with Crippen LogP contribution in [0.25, 0.3) is 11.3 Å². The van der Waals surface area contributed by atoms with Crippen LogP contribution in [0.15, 0.2) is 60.8 Å². The van der Waals surface area contributed by atoms with Crippen LogP contribution in [-0.4, -0.2) is 84.8 Å². The molecule has 1 aromatic heterocycles. The minimum atomic E-state index is -2.51. The van der Waals surface area contributed by atoms with Crippen molar-refractivity contribution in [3.05, 3.63) is 72.2 Å². The fourth-order valence-corrected chi connectivity index (χ4v) is 9.03. The molecule has 3 heterocycles. The molecule has 0 saturated carbocycles. The predicted octanol–water partition coefficient (Wildman–Crippen LogP) is 4.96. The Bertz CT molecular complexity index is 1560. The quantitative estimate of drug-likeness (QED) is 0.137. The van der Waals surface area contributed by atoms with Crippen LogP contribution >= 0.6 is 0 Å². The average molecular weight is 684 g/mol. The SMILES string of the molecule is CCOC(=O)C(OC(=O)[C@@H]1O[C@@H]2CO[C@H](c3ccccc3)O[C@@H]2[C@H](n2cc(-c3cccc(F)c3)nn2)C1O[Si](CC)(CC)CC)C(C)=O. The number of hydrogen-bond donors (Lipinski definition) is 0. The summed E-state index contributed by atoms with van der Waals surface area (Å²) in [6, 6.07) is 16.8. The summed E-state index contributed by atoms with van der Waals surface area (Å²) in [7, 11) is -2.51. The standard InChI is InChI=1S/C34H42FN3O9Si/c1-6-42-32(40)28(21(5)39)45-33(41)31-30(47-48(7-2,8-3)9-4)27(38-19-25(36-37-38)23-16-13-17-24(35)18-23)29-26(44-31)20-43-34(46-29)22-14-11-10-12-15-22/h10-19,26-31,34H,6-9,20H2,1-5H3/t26-,27+,28?,29+,30?,31-,34+/m1/s1. The van der Waals surface area contributed by atoms with Gasteiger partial charge in [-0.1, -0.05) is 68.4 Å². The Morgan fingerprint density at radius 1 is 1.02 bits per heavy atom. The monoisotopic (exact) mass is 683 g/mol. The Morgan fingerprint density at radius 2 is 1.75 bits per heavy atom. The summed E-state index contributed by atoms with van der Waals surface area (Å²) in [6.45, 7) is 8.91. The van der Waals surface area contributed by atoms with Crippen LogP contribution in [0.1, 0.15) is 52.5 Å². The highest BCUT2D eigenvalue weighted by molar-refractivity contribution is 6.73. The lowest BCUT2D eigenvalue weighted by molar-refractivity contribution is -0.313. The van der Waals surface area contributed by atoms with E-state index in [-0.39, 0.29) is 13.2 Å². The van der Waals surface area contributed by atoms with Gasteiger partial charge < -0.3 is 28.1 Å². The van der Waals surface area contributed by atoms with E-state index < -0.39 is 74.7 Å². The van der Waals surface area contributed by atoms with Gasteiger partial charge >= 0.3 is 11.9 Å². The molecule has 14 heteroatoms. The maximum atomic E-state index is 14.2. The molecule has 2 saturated heterocycles. The number of rotatable bonds is 13. The molecule has 258 valence electrons. The second-order valence-corrected chi connectivity index (χ2v) is 16.6. The first kappa shape index (κ1) is 35.5. The number of halogens is 1. The molecule has 7 atom stereocenters. The first-order valence-corrected chi connectivity index (χ1v) is 18.9. The highest BCUT2D eigenvalue weighted by Crippen LogP contribution is 2.43. The van der Waals surface area contributed by atoms with Crippen molar-refractivity contribution < 1.29 is 46.9 Å². The minimum Gasteiger partial charge on any atom is -0.463 e. The van der Waals surface area contributed by atoms with E-state index in [2.05, 4.69) is 31.1 Å². The molecule has 0 amide bonds. The Kier molecular flexibility index (Phi) is 11.5. The summed E-state index contributed by atoms with van der Waals surface area (Å²) in [5.41, 5.74) is 1.68. The highest BCUT2D eigenvalue weighted by atomic mass is 28.4. The molecule has 12 nitrogen and oxygen atoms in total. The third kappa shape index (κ3) is 7.57. The summed E-state index contributed by atoms with van der Waals surface area (Å²) in [5, 5.41) is 8.80. The molecule has 0 spiro atoms. The van der Waals surface area contributed by atoms with E-state index in [0.717, 1.165) is 30.6 Å². The zero-order valence-electron chi connectivity index (χ0n) is 27.7. The van der Waals surface area contributed by atoms with Crippen molar-refractivity contribution in [3.8, 4) is 11.3 Å². The van der Waals surface area contributed by atoms with Gasteiger partial charge in [-0.2, -0.15) is 0 Å². The van der Waals surface area contributed by atoms with Gasteiger partial charge in [-0.05, 0) is 44.1 Å². The molecule has 0 N–H and O–H groups in total. The smallest absolute Gasteiger partial charge is 0.355 e. The summed E-state index contributed by atoms with van der Waals surface area (Å²) in [4.78, 5) is 39.1. The molecule has 3 aromatic rings. The zero-order valence-corrected chi connectivity index (χ0v) is 28.7. The van der Waals surface area contributed by atoms with Crippen molar-refractivity contribution in [2.24, 2.45) is 0 Å². The number of hydrogen-bond acceptors (Lipinski definition) is 11. The lowest BCUT2D eigenvalue weighted by Gasteiger charge is -2.50. The number of ketones is 1. The number of carbonyl (C=O) groups is 3. The number of fused-ring (bicyclic) bond motifs is 1. The number of carbonyl (C=O) groups excluding carboxylic acids is 3. The van der Waals surface area contributed by atoms with Gasteiger partial charge in [0.05, 0.1) is 19.4 Å². The summed E-state index contributed by atoms with van der Waals surface area (Å²) in [6.07, 6.45) is -4.91. The number of benzene rings is 2. The zero-order chi connectivity index (χ0) is 34.4. The Morgan fingerprint density at radius 3 is 2.40 bits per heavy atom. The predicted molar refractivity (Wildman–Crippen MR) is 172 cm³/mol. The third-order valence-electron chi connectivity index (χ3n) is 9.02. The molecular formula is C34H42FN3O9Si. The van der Waals surface area contributed by atoms with Crippen LogP contribution in [0.2, 0.25) is 18.1 Å². The first-order chi connectivity index (χ1) is 23.1. The van der Waals surface area contributed by atoms with Crippen LogP contribution in [0.5, 0.6) is 0 Å². The van der Waals surface area contributed by atoms with Gasteiger partial charge in [-0.25, -0.2) is 18.7 Å². The lowest BCUT2D eigenvalue weighted by Crippen LogP contribution is -2.64. The van der Waals surface area contributed by atoms with E-state index in [4.69, 9.17) is 28.1 Å². The average Bonchev–Trinajstić information content (AvgIpc) is 3.59. The Hall–Kier alpha value is -3.82. The Balaban J connectivity index is 1.60. The number of Topliss-reactive ketones (excluding diaryl/α,β-unsaturated/α-hetero) is 1. The first-order valence-electron chi connectivity index (χ1n) is 16.3. The van der Waals surface area contributed by atoms with Crippen molar-refractivity contribution in [1.29, 1.82) is 0 Å². The molecule has 48 heavy (non-hydrogen) atoms. The molecule has 5 rings (SSSR count). The van der Waals surface area contributed by atoms with Crippen LogP contribution in [-0.2, 0) is 42.5 Å². The van der Waals surface area contributed by atoms with Gasteiger partial charge in [0.15, 0.2) is 26.5 Å². The number of ether oxygens (including phenoxy) is 5. The van der Waals surface area contributed by atoms with Gasteiger partial charge in [0.1, 0.15) is 35.9 Å². The van der Waals surface area contributed by atoms with E-state index in [0.29, 0.717) is 11.3 Å². The van der Waals surface area contributed by atoms with Gasteiger partial charge in [0.25, 0.3) is 6.10 Å². The van der Waals surface area contributed by atoms with Crippen molar-refractivity contribution in [2.45, 2.75) is 95.6 Å². The summed E-state index contributed by atoms with van der Waals surface area (Å²) in [5.74, 6) is -3.08. The van der Waals surface area contributed by atoms with Crippen LogP contribution in [0.3, 0.4) is 0 Å². The molecular weight excluding hydrogens is 641 g/mol. The molecule has 2 fully saturated rings. The second kappa shape index (κ2) is 15.6. The largest absolute Gasteiger partial charge is 0.463 e. The number of aromatic nitrogens is 3. The van der Waals surface area contributed by atoms with Crippen molar-refractivity contribution in [1.82, 2.24) is 15.0 Å². The van der Waals surface area contributed by atoms with Crippen molar-refractivity contribution in [2.75, 3.05) is 13.2 Å². The van der Waals surface area contributed by atoms with Crippen molar-refractivity contribution >= 4 is 26.0 Å². The fraction of sp³-hybridized carbons (Fsp3) is 0.500. The molecule has 2 unspecified atom stereocenters. The molecule has 2 aliphatic heterocycles. The maximum absolute atomic E-state index is 14.2. The minimum absolute atomic E-state index is 0.00746. The fourth-order valence-electron chi connectivity index (χ4n) is 6.19. The van der Waals surface area contributed by atoms with Gasteiger partial charge in [-0.3, -0.25) is 4.79 Å². The van der Waals surface area contributed by atoms with E-state index in [1.54, 1.807) is 29.9 Å². The normalized spacial score (nSPS) is 24.7. The third-order valence-corrected chi connectivity index (χ3v) is 13.7. The molecule has 0 aliphatic carbocycles. The second-order valence-electron chi connectivity index (χ2n) is 11.9. The molecule has 2 aromatic carbocycles. The van der Waals surface area contributed by atoms with E-state index in [1.165, 1.54) is 12.1 Å². The van der Waals surface area contributed by atoms with E-state index in [1.807, 2.05) is 30.3 Å². The molecule has 0 radical (unpaired) electrons. The van der Waals surface area contributed by atoms with Gasteiger partial charge in [0.2, 0.25) is 0 Å². The van der Waals surface area contributed by atoms with Gasteiger partial charge in [-0.15, -0.1) is 5.10 Å². The van der Waals surface area contributed by atoms with E-state index >= 15 is 0 Å². The van der Waals surface area contributed by atoms with E-state index in [9.17, 15) is 18.8 Å². The van der Waals surface area contributed by atoms with Crippen LogP contribution in [0.4, 0.5) is 4.39 Å². The highest BCUT2D eigenvalue weighted by Gasteiger charge is 2.56. The van der Waals surface area contributed by atoms with Crippen molar-refractivity contribution in [3.63, 3.8) is 0 Å². The lowest BCUT2D eigenvalue weighted by atomic mass is 9.91. The molecule has 0 bridgehead atoms. The topological polar surface area (TPSA) is 137 Å². The molecule has 2 aliphatic rings. The van der Waals surface area contributed by atoms with Crippen LogP contribution < -0.4 is 0 Å². The maximum Gasteiger partial charge on any atom is 0.355 e. The van der Waals surface area contributed by atoms with Crippen LogP contribution in [0, 0.1) is 5.82 Å². The number of nitrogens with zero attached hydrogens (tertiary/aromatic N) is 3. The summed E-state index contributed by atoms with van der Waals surface area (Å²) < 4.78 is 52.4.